The SMILES string of the molecule is Cc1ccccc1NC(=S)N/N=C\c1ccc(-c2ccc(S(N)(=O)=O)cc2)o1. The van der Waals surface area contributed by atoms with Crippen molar-refractivity contribution in [2.45, 2.75) is 11.8 Å². The summed E-state index contributed by atoms with van der Waals surface area (Å²) in [6.45, 7) is 1.98. The fraction of sp³-hybridized carbons (Fsp3) is 0.0526. The molecule has 2 aromatic carbocycles. The summed E-state index contributed by atoms with van der Waals surface area (Å²) in [6, 6.07) is 17.4. The summed E-state index contributed by atoms with van der Waals surface area (Å²) in [7, 11) is -3.72. The zero-order valence-corrected chi connectivity index (χ0v) is 16.5. The van der Waals surface area contributed by atoms with Crippen molar-refractivity contribution in [3.05, 3.63) is 72.0 Å². The van der Waals surface area contributed by atoms with Crippen LogP contribution in [0, 0.1) is 6.92 Å². The highest BCUT2D eigenvalue weighted by atomic mass is 32.2. The van der Waals surface area contributed by atoms with Crippen LogP contribution in [0.1, 0.15) is 11.3 Å². The van der Waals surface area contributed by atoms with Crippen LogP contribution in [-0.2, 0) is 10.0 Å². The van der Waals surface area contributed by atoms with E-state index in [0.29, 0.717) is 16.6 Å². The van der Waals surface area contributed by atoms with Crippen LogP contribution in [0.15, 0.2) is 75.1 Å². The Bertz CT molecular complexity index is 1120. The van der Waals surface area contributed by atoms with E-state index in [1.165, 1.54) is 18.3 Å². The largest absolute Gasteiger partial charge is 0.455 e. The van der Waals surface area contributed by atoms with E-state index in [9.17, 15) is 8.42 Å². The number of thiocarbonyl (C=S) groups is 1. The quantitative estimate of drug-likeness (QED) is 0.336. The molecule has 3 aromatic rings. The van der Waals surface area contributed by atoms with Crippen molar-refractivity contribution in [3.8, 4) is 11.3 Å². The van der Waals surface area contributed by atoms with Gasteiger partial charge in [-0.1, -0.05) is 18.2 Å². The number of aryl methyl sites for hydroxylation is 1. The lowest BCUT2D eigenvalue weighted by molar-refractivity contribution is 0.574. The van der Waals surface area contributed by atoms with E-state index in [-0.39, 0.29) is 4.90 Å². The van der Waals surface area contributed by atoms with Gasteiger partial charge in [0.1, 0.15) is 11.5 Å². The second-order valence-corrected chi connectivity index (χ2v) is 7.88. The predicted molar refractivity (Wildman–Crippen MR) is 114 cm³/mol. The third-order valence-corrected chi connectivity index (χ3v) is 4.97. The number of rotatable bonds is 5. The molecule has 28 heavy (non-hydrogen) atoms. The fourth-order valence-corrected chi connectivity index (χ4v) is 3.08. The van der Waals surface area contributed by atoms with Crippen molar-refractivity contribution in [3.63, 3.8) is 0 Å². The van der Waals surface area contributed by atoms with E-state index in [1.807, 2.05) is 31.2 Å². The number of hydrogen-bond donors (Lipinski definition) is 3. The van der Waals surface area contributed by atoms with Crippen molar-refractivity contribution >= 4 is 39.3 Å². The minimum absolute atomic E-state index is 0.0449. The van der Waals surface area contributed by atoms with Gasteiger partial charge >= 0.3 is 0 Å². The molecule has 0 fully saturated rings. The Morgan fingerprint density at radius 1 is 1.11 bits per heavy atom. The van der Waals surface area contributed by atoms with Crippen LogP contribution in [0.2, 0.25) is 0 Å². The summed E-state index contributed by atoms with van der Waals surface area (Å²) >= 11 is 5.21. The number of para-hydroxylation sites is 1. The molecule has 0 saturated heterocycles. The van der Waals surface area contributed by atoms with Gasteiger partial charge in [-0.05, 0) is 67.2 Å². The zero-order valence-electron chi connectivity index (χ0n) is 14.9. The molecule has 3 rings (SSSR count). The molecule has 144 valence electrons. The van der Waals surface area contributed by atoms with E-state index < -0.39 is 10.0 Å². The lowest BCUT2D eigenvalue weighted by Gasteiger charge is -2.08. The maximum Gasteiger partial charge on any atom is 0.238 e. The van der Waals surface area contributed by atoms with Gasteiger partial charge in [-0.3, -0.25) is 5.43 Å². The van der Waals surface area contributed by atoms with Gasteiger partial charge in [-0.15, -0.1) is 0 Å². The van der Waals surface area contributed by atoms with E-state index in [1.54, 1.807) is 24.3 Å². The molecule has 0 radical (unpaired) electrons. The Morgan fingerprint density at radius 3 is 2.50 bits per heavy atom. The highest BCUT2D eigenvalue weighted by molar-refractivity contribution is 7.89. The smallest absolute Gasteiger partial charge is 0.238 e. The van der Waals surface area contributed by atoms with Crippen molar-refractivity contribution < 1.29 is 12.8 Å². The Balaban J connectivity index is 1.61. The predicted octanol–water partition coefficient (Wildman–Crippen LogP) is 3.22. The highest BCUT2D eigenvalue weighted by Gasteiger charge is 2.09. The number of nitrogens with one attached hydrogen (secondary N) is 2. The van der Waals surface area contributed by atoms with E-state index >= 15 is 0 Å². The minimum atomic E-state index is -3.72. The molecule has 0 atom stereocenters. The summed E-state index contributed by atoms with van der Waals surface area (Å²) in [5.74, 6) is 1.08. The summed E-state index contributed by atoms with van der Waals surface area (Å²) in [6.07, 6.45) is 1.49. The van der Waals surface area contributed by atoms with Crippen LogP contribution in [0.25, 0.3) is 11.3 Å². The highest BCUT2D eigenvalue weighted by Crippen LogP contribution is 2.23. The maximum atomic E-state index is 11.3. The van der Waals surface area contributed by atoms with Crippen molar-refractivity contribution in [2.75, 3.05) is 5.32 Å². The van der Waals surface area contributed by atoms with Crippen LogP contribution in [0.3, 0.4) is 0 Å². The number of nitrogens with zero attached hydrogens (tertiary/aromatic N) is 1. The van der Waals surface area contributed by atoms with Crippen molar-refractivity contribution in [2.24, 2.45) is 10.2 Å². The number of hydrazone groups is 1. The molecule has 0 spiro atoms. The topological polar surface area (TPSA) is 110 Å². The van der Waals surface area contributed by atoms with Gasteiger partial charge in [0.25, 0.3) is 0 Å². The number of primary sulfonamides is 1. The number of hydrogen-bond acceptors (Lipinski definition) is 5. The average molecular weight is 415 g/mol. The van der Waals surface area contributed by atoms with Crippen molar-refractivity contribution in [1.82, 2.24) is 5.43 Å². The zero-order chi connectivity index (χ0) is 20.1. The number of furan rings is 1. The van der Waals surface area contributed by atoms with Gasteiger partial charge in [-0.25, -0.2) is 13.6 Å². The lowest BCUT2D eigenvalue weighted by atomic mass is 10.2. The monoisotopic (exact) mass is 414 g/mol. The van der Waals surface area contributed by atoms with E-state index in [2.05, 4.69) is 15.8 Å². The Morgan fingerprint density at radius 2 is 1.82 bits per heavy atom. The molecule has 7 nitrogen and oxygen atoms in total. The van der Waals surface area contributed by atoms with Crippen LogP contribution in [0.5, 0.6) is 0 Å². The maximum absolute atomic E-state index is 11.3. The molecule has 1 heterocycles. The second-order valence-electron chi connectivity index (χ2n) is 5.91. The van der Waals surface area contributed by atoms with Gasteiger partial charge in [0.05, 0.1) is 11.1 Å². The van der Waals surface area contributed by atoms with Crippen LogP contribution in [0.4, 0.5) is 5.69 Å². The third kappa shape index (κ3) is 5.03. The molecule has 0 unspecified atom stereocenters. The number of sulfonamides is 1. The van der Waals surface area contributed by atoms with Gasteiger partial charge in [0, 0.05) is 11.3 Å². The number of nitrogens with two attached hydrogens (primary N) is 1. The Kier molecular flexibility index (Phi) is 5.88. The molecular weight excluding hydrogens is 396 g/mol. The molecule has 1 aromatic heterocycles. The molecule has 0 aliphatic carbocycles. The van der Waals surface area contributed by atoms with Gasteiger partial charge in [0.2, 0.25) is 10.0 Å². The molecule has 0 saturated carbocycles. The Hall–Kier alpha value is -3.01. The summed E-state index contributed by atoms with van der Waals surface area (Å²) in [4.78, 5) is 0.0449. The Labute approximate surface area is 168 Å². The van der Waals surface area contributed by atoms with Gasteiger partial charge < -0.3 is 9.73 Å². The van der Waals surface area contributed by atoms with Crippen molar-refractivity contribution in [1.29, 1.82) is 0 Å². The number of benzene rings is 2. The van der Waals surface area contributed by atoms with Gasteiger partial charge in [0.15, 0.2) is 5.11 Å². The fourth-order valence-electron chi connectivity index (χ4n) is 2.40. The third-order valence-electron chi connectivity index (χ3n) is 3.85. The standard InChI is InChI=1S/C19H18N4O3S2/c1-13-4-2-3-5-17(13)22-19(27)23-21-12-15-8-11-18(26-15)14-6-9-16(10-7-14)28(20,24)25/h2-12H,1H3,(H2,20,24,25)(H2,22,23,27)/b21-12-. The average Bonchev–Trinajstić information content (AvgIpc) is 3.12. The first-order chi connectivity index (χ1) is 13.3. The summed E-state index contributed by atoms with van der Waals surface area (Å²) in [5, 5.41) is 12.6. The van der Waals surface area contributed by atoms with Crippen LogP contribution in [-0.4, -0.2) is 19.7 Å². The van der Waals surface area contributed by atoms with E-state index in [0.717, 1.165) is 16.8 Å². The molecule has 0 amide bonds. The first-order valence-corrected chi connectivity index (χ1v) is 10.2. The minimum Gasteiger partial charge on any atom is -0.455 e. The normalized spacial score (nSPS) is 11.5. The molecular formula is C19H18N4O3S2. The van der Waals surface area contributed by atoms with Crippen LogP contribution >= 0.6 is 12.2 Å². The first-order valence-electron chi connectivity index (χ1n) is 8.22. The molecule has 9 heteroatoms. The number of anilines is 1. The summed E-state index contributed by atoms with van der Waals surface area (Å²) in [5.41, 5.74) is 5.42. The first kappa shape index (κ1) is 19.7. The molecule has 4 N–H and O–H groups in total. The molecule has 0 aliphatic rings. The summed E-state index contributed by atoms with van der Waals surface area (Å²) < 4.78 is 28.3. The lowest BCUT2D eigenvalue weighted by Crippen LogP contribution is -2.24. The van der Waals surface area contributed by atoms with E-state index in [4.69, 9.17) is 21.8 Å². The second kappa shape index (κ2) is 8.34. The molecule has 0 bridgehead atoms. The molecule has 0 aliphatic heterocycles. The van der Waals surface area contributed by atoms with Crippen LogP contribution < -0.4 is 15.9 Å². The van der Waals surface area contributed by atoms with Gasteiger partial charge in [-0.2, -0.15) is 5.10 Å².